The second-order valence-electron chi connectivity index (χ2n) is 7.24. The number of halogens is 1. The maximum absolute atomic E-state index is 13.1. The Bertz CT molecular complexity index is 1020. The lowest BCUT2D eigenvalue weighted by atomic mass is 10.1. The van der Waals surface area contributed by atoms with E-state index in [1.165, 1.54) is 18.6 Å². The van der Waals surface area contributed by atoms with Crippen molar-refractivity contribution in [3.8, 4) is 11.3 Å². The highest BCUT2D eigenvalue weighted by Crippen LogP contribution is 2.22. The molecule has 0 atom stereocenters. The molecule has 1 aliphatic rings. The van der Waals surface area contributed by atoms with E-state index in [1.807, 2.05) is 6.92 Å². The van der Waals surface area contributed by atoms with Crippen LogP contribution in [0.5, 0.6) is 0 Å². The Labute approximate surface area is 168 Å². The van der Waals surface area contributed by atoms with Crippen molar-refractivity contribution in [1.29, 1.82) is 0 Å². The van der Waals surface area contributed by atoms with Crippen molar-refractivity contribution in [2.75, 3.05) is 23.3 Å². The normalized spacial score (nSPS) is 14.1. The number of nitrogens with one attached hydrogen (secondary N) is 1. The molecule has 0 bridgehead atoms. The van der Waals surface area contributed by atoms with Gasteiger partial charge in [-0.2, -0.15) is 5.10 Å². The Hall–Kier alpha value is -3.29. The van der Waals surface area contributed by atoms with Gasteiger partial charge in [-0.15, -0.1) is 0 Å². The molecule has 3 aromatic rings. The van der Waals surface area contributed by atoms with E-state index in [1.54, 1.807) is 36.0 Å². The van der Waals surface area contributed by atoms with Crippen molar-refractivity contribution in [1.82, 2.24) is 19.7 Å². The van der Waals surface area contributed by atoms with Crippen LogP contribution in [0.25, 0.3) is 11.3 Å². The van der Waals surface area contributed by atoms with E-state index in [0.29, 0.717) is 23.2 Å². The summed E-state index contributed by atoms with van der Waals surface area (Å²) < 4.78 is 14.7. The second kappa shape index (κ2) is 7.98. The number of carbonyl (C=O) groups is 1. The standard InChI is InChI=1S/C21H23FN6O/c1-14-12-18(24-21(23-14)28-10-4-3-5-11-28)20(29)25-19-13-17(26-27(19)2)15-6-8-16(22)9-7-15/h6-9,12-13H,3-5,10-11H2,1-2H3,(H,25,29). The number of amides is 1. The zero-order valence-corrected chi connectivity index (χ0v) is 16.5. The molecule has 0 radical (unpaired) electrons. The molecule has 1 aliphatic heterocycles. The van der Waals surface area contributed by atoms with Gasteiger partial charge in [0.25, 0.3) is 5.91 Å². The van der Waals surface area contributed by atoms with Crippen LogP contribution in [0.3, 0.4) is 0 Å². The van der Waals surface area contributed by atoms with Crippen LogP contribution in [-0.2, 0) is 7.05 Å². The van der Waals surface area contributed by atoms with Crippen molar-refractivity contribution >= 4 is 17.7 Å². The Balaban J connectivity index is 1.55. The summed E-state index contributed by atoms with van der Waals surface area (Å²) in [4.78, 5) is 24.0. The molecular weight excluding hydrogens is 371 g/mol. The van der Waals surface area contributed by atoms with Crippen LogP contribution in [0.4, 0.5) is 16.2 Å². The molecule has 1 fully saturated rings. The number of nitrogens with zero attached hydrogens (tertiary/aromatic N) is 5. The summed E-state index contributed by atoms with van der Waals surface area (Å²) in [6.45, 7) is 3.68. The maximum atomic E-state index is 13.1. The van der Waals surface area contributed by atoms with Gasteiger partial charge in [0.1, 0.15) is 17.3 Å². The summed E-state index contributed by atoms with van der Waals surface area (Å²) in [7, 11) is 1.74. The summed E-state index contributed by atoms with van der Waals surface area (Å²) in [5.41, 5.74) is 2.49. The Morgan fingerprint density at radius 2 is 1.79 bits per heavy atom. The third-order valence-corrected chi connectivity index (χ3v) is 4.98. The molecule has 0 spiro atoms. The van der Waals surface area contributed by atoms with Gasteiger partial charge in [-0.05, 0) is 56.5 Å². The van der Waals surface area contributed by atoms with Crippen LogP contribution in [0.2, 0.25) is 0 Å². The summed E-state index contributed by atoms with van der Waals surface area (Å²) >= 11 is 0. The summed E-state index contributed by atoms with van der Waals surface area (Å²) in [5, 5.41) is 7.27. The lowest BCUT2D eigenvalue weighted by Crippen LogP contribution is -2.32. The number of rotatable bonds is 4. The first-order chi connectivity index (χ1) is 14.0. The first-order valence-electron chi connectivity index (χ1n) is 9.71. The van der Waals surface area contributed by atoms with Gasteiger partial charge in [-0.3, -0.25) is 9.48 Å². The van der Waals surface area contributed by atoms with E-state index in [2.05, 4.69) is 25.3 Å². The minimum atomic E-state index is -0.317. The van der Waals surface area contributed by atoms with E-state index in [0.717, 1.165) is 37.2 Å². The summed E-state index contributed by atoms with van der Waals surface area (Å²) in [6, 6.07) is 9.51. The van der Waals surface area contributed by atoms with Crippen LogP contribution >= 0.6 is 0 Å². The molecule has 1 saturated heterocycles. The highest BCUT2D eigenvalue weighted by Gasteiger charge is 2.18. The van der Waals surface area contributed by atoms with Gasteiger partial charge >= 0.3 is 0 Å². The largest absolute Gasteiger partial charge is 0.341 e. The smallest absolute Gasteiger partial charge is 0.275 e. The molecular formula is C21H23FN6O. The number of hydrogen-bond donors (Lipinski definition) is 1. The zero-order chi connectivity index (χ0) is 20.4. The van der Waals surface area contributed by atoms with Crippen molar-refractivity contribution in [3.05, 3.63) is 53.6 Å². The first-order valence-corrected chi connectivity index (χ1v) is 9.71. The molecule has 0 unspecified atom stereocenters. The fourth-order valence-electron chi connectivity index (χ4n) is 3.43. The van der Waals surface area contributed by atoms with Gasteiger partial charge < -0.3 is 10.2 Å². The van der Waals surface area contributed by atoms with Gasteiger partial charge in [0.15, 0.2) is 0 Å². The highest BCUT2D eigenvalue weighted by atomic mass is 19.1. The summed E-state index contributed by atoms with van der Waals surface area (Å²) in [6.07, 6.45) is 3.44. The number of piperidine rings is 1. The fraction of sp³-hybridized carbons (Fsp3) is 0.333. The molecule has 1 N–H and O–H groups in total. The number of hydrogen-bond acceptors (Lipinski definition) is 5. The Kier molecular flexibility index (Phi) is 5.24. The molecule has 1 aromatic carbocycles. The average molecular weight is 394 g/mol. The molecule has 7 nitrogen and oxygen atoms in total. The molecule has 3 heterocycles. The molecule has 4 rings (SSSR count). The predicted octanol–water partition coefficient (Wildman–Crippen LogP) is 3.57. The Morgan fingerprint density at radius 1 is 1.07 bits per heavy atom. The zero-order valence-electron chi connectivity index (χ0n) is 16.5. The third kappa shape index (κ3) is 4.26. The van der Waals surface area contributed by atoms with Crippen LogP contribution < -0.4 is 10.2 Å². The first kappa shape index (κ1) is 19.0. The van der Waals surface area contributed by atoms with Crippen molar-refractivity contribution < 1.29 is 9.18 Å². The molecule has 0 aliphatic carbocycles. The lowest BCUT2D eigenvalue weighted by Gasteiger charge is -2.27. The van der Waals surface area contributed by atoms with E-state index >= 15 is 0 Å². The topological polar surface area (TPSA) is 75.9 Å². The minimum Gasteiger partial charge on any atom is -0.341 e. The monoisotopic (exact) mass is 394 g/mol. The molecule has 150 valence electrons. The van der Waals surface area contributed by atoms with Gasteiger partial charge in [-0.1, -0.05) is 0 Å². The van der Waals surface area contributed by atoms with Crippen LogP contribution in [0.15, 0.2) is 36.4 Å². The van der Waals surface area contributed by atoms with Crippen molar-refractivity contribution in [2.24, 2.45) is 7.05 Å². The number of carbonyl (C=O) groups excluding carboxylic acids is 1. The molecule has 0 saturated carbocycles. The predicted molar refractivity (Wildman–Crippen MR) is 109 cm³/mol. The van der Waals surface area contributed by atoms with Crippen molar-refractivity contribution in [3.63, 3.8) is 0 Å². The number of anilines is 2. The van der Waals surface area contributed by atoms with E-state index in [-0.39, 0.29) is 11.7 Å². The Morgan fingerprint density at radius 3 is 2.52 bits per heavy atom. The third-order valence-electron chi connectivity index (χ3n) is 4.98. The highest BCUT2D eigenvalue weighted by molar-refractivity contribution is 6.02. The fourth-order valence-corrected chi connectivity index (χ4v) is 3.43. The minimum absolute atomic E-state index is 0.304. The van der Waals surface area contributed by atoms with Gasteiger partial charge in [-0.25, -0.2) is 14.4 Å². The van der Waals surface area contributed by atoms with Crippen molar-refractivity contribution in [2.45, 2.75) is 26.2 Å². The summed E-state index contributed by atoms with van der Waals surface area (Å²) in [5.74, 6) is 0.515. The number of aromatic nitrogens is 4. The van der Waals surface area contributed by atoms with E-state index < -0.39 is 0 Å². The van der Waals surface area contributed by atoms with Crippen LogP contribution in [-0.4, -0.2) is 38.7 Å². The SMILES string of the molecule is Cc1cc(C(=O)Nc2cc(-c3ccc(F)cc3)nn2C)nc(N2CCCCC2)n1. The van der Waals surface area contributed by atoms with Gasteiger partial charge in [0.2, 0.25) is 5.95 Å². The van der Waals surface area contributed by atoms with Crippen LogP contribution in [0, 0.1) is 12.7 Å². The van der Waals surface area contributed by atoms with E-state index in [4.69, 9.17) is 0 Å². The lowest BCUT2D eigenvalue weighted by molar-refractivity contribution is 0.102. The molecule has 8 heteroatoms. The number of aryl methyl sites for hydroxylation is 2. The van der Waals surface area contributed by atoms with Gasteiger partial charge in [0.05, 0.1) is 5.69 Å². The van der Waals surface area contributed by atoms with E-state index in [9.17, 15) is 9.18 Å². The molecule has 29 heavy (non-hydrogen) atoms. The number of benzene rings is 1. The van der Waals surface area contributed by atoms with Gasteiger partial charge in [0, 0.05) is 37.5 Å². The molecule has 1 amide bonds. The molecule has 2 aromatic heterocycles. The average Bonchev–Trinajstić information content (AvgIpc) is 3.09. The quantitative estimate of drug-likeness (QED) is 0.732. The second-order valence-corrected chi connectivity index (χ2v) is 7.24. The van der Waals surface area contributed by atoms with Crippen LogP contribution in [0.1, 0.15) is 35.4 Å². The maximum Gasteiger partial charge on any atom is 0.275 e.